The van der Waals surface area contributed by atoms with Gasteiger partial charge < -0.3 is 24.9 Å². The van der Waals surface area contributed by atoms with Crippen LogP contribution in [0.4, 0.5) is 4.39 Å². The number of amides is 1. The van der Waals surface area contributed by atoms with Crippen molar-refractivity contribution in [2.24, 2.45) is 0 Å². The maximum Gasteiger partial charge on any atom is 0.255 e. The summed E-state index contributed by atoms with van der Waals surface area (Å²) in [6.45, 7) is 5.14. The third-order valence-corrected chi connectivity index (χ3v) is 5.72. The van der Waals surface area contributed by atoms with E-state index in [1.54, 1.807) is 45.2 Å². The van der Waals surface area contributed by atoms with Gasteiger partial charge in [-0.3, -0.25) is 9.59 Å². The van der Waals surface area contributed by atoms with Crippen LogP contribution in [0.1, 0.15) is 51.1 Å². The Morgan fingerprint density at radius 2 is 2.12 bits per heavy atom. The predicted octanol–water partition coefficient (Wildman–Crippen LogP) is 5.01. The fraction of sp³-hybridized carbons (Fsp3) is 0.208. The summed E-state index contributed by atoms with van der Waals surface area (Å²) in [6.07, 6.45) is 5.09. The van der Waals surface area contributed by atoms with Gasteiger partial charge in [0.25, 0.3) is 5.91 Å². The molecule has 0 saturated carbocycles. The van der Waals surface area contributed by atoms with E-state index in [0.29, 0.717) is 56.2 Å². The van der Waals surface area contributed by atoms with E-state index in [1.807, 2.05) is 0 Å². The Hall–Kier alpha value is -3.94. The highest BCUT2D eigenvalue weighted by Crippen LogP contribution is 2.33. The van der Waals surface area contributed by atoms with Crippen molar-refractivity contribution < 1.29 is 23.1 Å². The van der Waals surface area contributed by atoms with Crippen molar-refractivity contribution in [3.63, 3.8) is 0 Å². The van der Waals surface area contributed by atoms with Crippen molar-refractivity contribution in [3.05, 3.63) is 70.0 Å². The van der Waals surface area contributed by atoms with Crippen LogP contribution in [0.5, 0.6) is 5.75 Å². The molecule has 2 aromatic heterocycles. The van der Waals surface area contributed by atoms with Crippen LogP contribution >= 0.6 is 0 Å². The minimum Gasteiger partial charge on any atom is -0.460 e. The van der Waals surface area contributed by atoms with Crippen molar-refractivity contribution in [1.29, 1.82) is 5.41 Å². The van der Waals surface area contributed by atoms with Crippen LogP contribution in [0.15, 0.2) is 46.3 Å². The summed E-state index contributed by atoms with van der Waals surface area (Å²) in [5.41, 5.74) is 3.20. The molecule has 4 rings (SSSR count). The number of aryl methyl sites for hydroxylation is 1. The molecule has 1 aliphatic carbocycles. The zero-order chi connectivity index (χ0) is 23.0. The number of halogens is 1. The summed E-state index contributed by atoms with van der Waals surface area (Å²) in [7, 11) is 0. The quantitative estimate of drug-likeness (QED) is 0.275. The summed E-state index contributed by atoms with van der Waals surface area (Å²) < 4.78 is 25.1. The first-order valence-electron chi connectivity index (χ1n) is 10.0. The van der Waals surface area contributed by atoms with E-state index in [2.05, 4.69) is 10.3 Å². The lowest BCUT2D eigenvalue weighted by Crippen LogP contribution is -2.40. The van der Waals surface area contributed by atoms with Gasteiger partial charge in [-0.2, -0.15) is 0 Å². The molecule has 0 spiro atoms. The van der Waals surface area contributed by atoms with Crippen LogP contribution in [0.3, 0.4) is 0 Å². The van der Waals surface area contributed by atoms with Crippen molar-refractivity contribution in [2.75, 3.05) is 0 Å². The summed E-state index contributed by atoms with van der Waals surface area (Å²) >= 11 is 0. The van der Waals surface area contributed by atoms with Gasteiger partial charge in [-0.1, -0.05) is 0 Å². The minimum atomic E-state index is -0.320. The third kappa shape index (κ3) is 3.64. The number of fused-ring (bicyclic) bond motifs is 1. The largest absolute Gasteiger partial charge is 0.460 e. The van der Waals surface area contributed by atoms with Gasteiger partial charge in [-0.25, -0.2) is 4.39 Å². The van der Waals surface area contributed by atoms with Crippen LogP contribution in [0.2, 0.25) is 0 Å². The average molecular weight is 435 g/mol. The molecule has 0 radical (unpaired) electrons. The minimum absolute atomic E-state index is 0.183. The summed E-state index contributed by atoms with van der Waals surface area (Å²) in [5.74, 6) is 0.743. The van der Waals surface area contributed by atoms with Crippen molar-refractivity contribution in [2.45, 2.75) is 33.2 Å². The van der Waals surface area contributed by atoms with Crippen LogP contribution in [-0.2, 0) is 0 Å². The first-order chi connectivity index (χ1) is 15.3. The number of furan rings is 1. The Labute approximate surface area is 183 Å². The van der Waals surface area contributed by atoms with Crippen LogP contribution < -0.4 is 10.1 Å². The molecule has 1 aliphatic rings. The van der Waals surface area contributed by atoms with E-state index in [4.69, 9.17) is 14.6 Å². The molecule has 2 heterocycles. The van der Waals surface area contributed by atoms with E-state index in [-0.39, 0.29) is 24.2 Å². The number of aromatic amines is 1. The fourth-order valence-electron chi connectivity index (χ4n) is 3.75. The lowest BCUT2D eigenvalue weighted by Gasteiger charge is -2.27. The highest BCUT2D eigenvalue weighted by molar-refractivity contribution is 6.07. The third-order valence-electron chi connectivity index (χ3n) is 5.72. The van der Waals surface area contributed by atoms with Crippen LogP contribution in [0, 0.1) is 19.3 Å². The number of nitrogens with one attached hydrogen (secondary N) is 3. The SMILES string of the molecule is CC1=C(F)CC1NC(=O)c1c(C)oc2cc(O/C(=C/C=N)c3[nH]cc(C=O)c3C)ccc12. The van der Waals surface area contributed by atoms with Gasteiger partial charge >= 0.3 is 0 Å². The van der Waals surface area contributed by atoms with E-state index < -0.39 is 0 Å². The molecule has 32 heavy (non-hydrogen) atoms. The molecule has 164 valence electrons. The average Bonchev–Trinajstić information content (AvgIpc) is 3.30. The van der Waals surface area contributed by atoms with Crippen molar-refractivity contribution in [1.82, 2.24) is 10.3 Å². The normalized spacial score (nSPS) is 16.1. The standard InChI is InChI=1S/C24H22FN3O4/c1-12-15(11-29)10-27-23(12)20(6-7-26)32-16-4-5-17-21(8-16)31-14(3)22(17)24(30)28-19-9-18(25)13(19)2/h4-8,10-11,19,26-27H,9H2,1-3H3,(H,28,30)/b20-6+,26-7?. The number of hydrogen-bond acceptors (Lipinski definition) is 5. The lowest BCUT2D eigenvalue weighted by atomic mass is 9.91. The zero-order valence-electron chi connectivity index (χ0n) is 17.8. The Morgan fingerprint density at radius 1 is 1.34 bits per heavy atom. The number of H-pyrrole nitrogens is 1. The Balaban J connectivity index is 1.62. The van der Waals surface area contributed by atoms with Gasteiger partial charge in [-0.05, 0) is 44.0 Å². The Bertz CT molecular complexity index is 1310. The number of carbonyl (C=O) groups excluding carboxylic acids is 2. The first kappa shape index (κ1) is 21.3. The molecule has 8 heteroatoms. The topological polar surface area (TPSA) is 108 Å². The summed E-state index contributed by atoms with van der Waals surface area (Å²) in [6, 6.07) is 4.77. The maximum absolute atomic E-state index is 13.3. The first-order valence-corrected chi connectivity index (χ1v) is 10.0. The summed E-state index contributed by atoms with van der Waals surface area (Å²) in [4.78, 5) is 26.9. The number of rotatable bonds is 7. The van der Waals surface area contributed by atoms with E-state index >= 15 is 0 Å². The number of allylic oxidation sites excluding steroid dienone is 1. The van der Waals surface area contributed by atoms with Gasteiger partial charge in [0.1, 0.15) is 22.9 Å². The molecule has 0 fully saturated rings. The molecular formula is C24H22FN3O4. The highest BCUT2D eigenvalue weighted by Gasteiger charge is 2.30. The number of hydrogen-bond donors (Lipinski definition) is 3. The molecule has 3 aromatic rings. The second-order valence-electron chi connectivity index (χ2n) is 7.67. The monoisotopic (exact) mass is 435 g/mol. The van der Waals surface area contributed by atoms with Gasteiger partial charge in [0.2, 0.25) is 0 Å². The molecule has 1 unspecified atom stereocenters. The number of benzene rings is 1. The second kappa shape index (κ2) is 8.30. The molecule has 0 aliphatic heterocycles. The van der Waals surface area contributed by atoms with Crippen LogP contribution in [0.25, 0.3) is 16.7 Å². The Morgan fingerprint density at radius 3 is 2.75 bits per heavy atom. The van der Waals surface area contributed by atoms with Gasteiger partial charge in [-0.15, -0.1) is 0 Å². The van der Waals surface area contributed by atoms with Crippen molar-refractivity contribution in [3.8, 4) is 5.75 Å². The Kier molecular flexibility index (Phi) is 5.52. The number of aldehydes is 1. The van der Waals surface area contributed by atoms with Crippen LogP contribution in [-0.4, -0.2) is 29.4 Å². The zero-order valence-corrected chi connectivity index (χ0v) is 17.8. The van der Waals surface area contributed by atoms with Gasteiger partial charge in [0.05, 0.1) is 17.3 Å². The van der Waals surface area contributed by atoms with Gasteiger partial charge in [0.15, 0.2) is 12.0 Å². The molecular weight excluding hydrogens is 413 g/mol. The molecule has 1 aromatic carbocycles. The van der Waals surface area contributed by atoms with E-state index in [0.717, 1.165) is 12.5 Å². The fourth-order valence-corrected chi connectivity index (χ4v) is 3.75. The van der Waals surface area contributed by atoms with Crippen molar-refractivity contribution >= 4 is 35.1 Å². The van der Waals surface area contributed by atoms with Gasteiger partial charge in [0, 0.05) is 41.9 Å². The molecule has 3 N–H and O–H groups in total. The highest BCUT2D eigenvalue weighted by atomic mass is 19.1. The smallest absolute Gasteiger partial charge is 0.255 e. The molecule has 0 bridgehead atoms. The second-order valence-corrected chi connectivity index (χ2v) is 7.67. The number of carbonyl (C=O) groups is 2. The molecule has 1 amide bonds. The number of aromatic nitrogens is 1. The predicted molar refractivity (Wildman–Crippen MR) is 119 cm³/mol. The molecule has 7 nitrogen and oxygen atoms in total. The summed E-state index contributed by atoms with van der Waals surface area (Å²) in [5, 5.41) is 10.9. The maximum atomic E-state index is 13.3. The molecule has 0 saturated heterocycles. The number of ether oxygens (including phenoxy) is 1. The van der Waals surface area contributed by atoms with E-state index in [9.17, 15) is 14.0 Å². The molecule has 1 atom stereocenters. The van der Waals surface area contributed by atoms with E-state index in [1.165, 1.54) is 6.08 Å². The lowest BCUT2D eigenvalue weighted by molar-refractivity contribution is 0.0936.